The highest BCUT2D eigenvalue weighted by Crippen LogP contribution is 2.16. The lowest BCUT2D eigenvalue weighted by atomic mass is 9.96. The fraction of sp³-hybridized carbons (Fsp3) is 0.500. The van der Waals surface area contributed by atoms with E-state index in [1.807, 2.05) is 38.2 Å². The summed E-state index contributed by atoms with van der Waals surface area (Å²) in [6.07, 6.45) is 0.466. The van der Waals surface area contributed by atoms with Crippen LogP contribution in [0.3, 0.4) is 0 Å². The Hall–Kier alpha value is -1.79. The third-order valence-corrected chi connectivity index (χ3v) is 3.65. The summed E-state index contributed by atoms with van der Waals surface area (Å²) in [5, 5.41) is 8.79. The van der Waals surface area contributed by atoms with Gasteiger partial charge in [-0.15, -0.1) is 0 Å². The van der Waals surface area contributed by atoms with E-state index in [9.17, 15) is 4.79 Å². The summed E-state index contributed by atoms with van der Waals surface area (Å²) in [6, 6.07) is 7.83. The average Bonchev–Trinajstić information content (AvgIpc) is 2.47. The van der Waals surface area contributed by atoms with Crippen molar-refractivity contribution in [2.45, 2.75) is 33.7 Å². The summed E-state index contributed by atoms with van der Waals surface area (Å²) >= 11 is 0. The first-order valence-corrected chi connectivity index (χ1v) is 7.40. The van der Waals surface area contributed by atoms with Crippen LogP contribution in [0.25, 0.3) is 0 Å². The zero-order chi connectivity index (χ0) is 15.8. The summed E-state index contributed by atoms with van der Waals surface area (Å²) in [5.74, 6) is 6.50. The Kier molecular flexibility index (Phi) is 6.98. The number of carbonyl (C=O) groups is 1. The number of benzene rings is 1. The van der Waals surface area contributed by atoms with Gasteiger partial charge >= 0.3 is 0 Å². The molecule has 0 heterocycles. The summed E-state index contributed by atoms with van der Waals surface area (Å²) in [4.78, 5) is 14.1. The maximum Gasteiger partial charge on any atom is 0.225 e. The van der Waals surface area contributed by atoms with Gasteiger partial charge in [0.25, 0.3) is 0 Å². The molecule has 0 saturated heterocycles. The second kappa shape index (κ2) is 8.49. The summed E-state index contributed by atoms with van der Waals surface area (Å²) in [6.45, 7) is 6.71. The number of aliphatic hydroxyl groups excluding tert-OH is 1. The zero-order valence-corrected chi connectivity index (χ0v) is 13.4. The molecule has 1 aromatic rings. The summed E-state index contributed by atoms with van der Waals surface area (Å²) < 4.78 is 0. The average molecular weight is 287 g/mol. The number of rotatable bonds is 5. The molecule has 0 spiro atoms. The lowest BCUT2D eigenvalue weighted by Crippen LogP contribution is -2.33. The number of nitrogens with zero attached hydrogens (tertiary/aromatic N) is 1. The smallest absolute Gasteiger partial charge is 0.225 e. The maximum absolute atomic E-state index is 12.3. The van der Waals surface area contributed by atoms with E-state index in [4.69, 9.17) is 5.11 Å². The molecule has 0 aromatic heterocycles. The highest BCUT2D eigenvalue weighted by atomic mass is 16.2. The molecular weight excluding hydrogens is 262 g/mol. The lowest BCUT2D eigenvalue weighted by Gasteiger charge is -2.24. The minimum atomic E-state index is 0.0163. The first-order chi connectivity index (χ1) is 9.97. The first-order valence-electron chi connectivity index (χ1n) is 7.40. The largest absolute Gasteiger partial charge is 0.395 e. The molecule has 0 radical (unpaired) electrons. The van der Waals surface area contributed by atoms with Crippen molar-refractivity contribution in [1.29, 1.82) is 0 Å². The fourth-order valence-corrected chi connectivity index (χ4v) is 1.96. The van der Waals surface area contributed by atoms with Crippen LogP contribution >= 0.6 is 0 Å². The van der Waals surface area contributed by atoms with Crippen LogP contribution in [0.5, 0.6) is 0 Å². The van der Waals surface area contributed by atoms with E-state index in [2.05, 4.69) is 25.7 Å². The molecular formula is C18H25NO2. The molecule has 0 bridgehead atoms. The Morgan fingerprint density at radius 1 is 1.29 bits per heavy atom. The quantitative estimate of drug-likeness (QED) is 0.846. The topological polar surface area (TPSA) is 40.5 Å². The van der Waals surface area contributed by atoms with Gasteiger partial charge in [-0.2, -0.15) is 0 Å². The molecule has 3 heteroatoms. The van der Waals surface area contributed by atoms with Crippen molar-refractivity contribution in [1.82, 2.24) is 4.90 Å². The Morgan fingerprint density at radius 2 is 1.95 bits per heavy atom. The molecule has 0 aliphatic heterocycles. The second-order valence-electron chi connectivity index (χ2n) is 5.66. The molecule has 3 nitrogen and oxygen atoms in total. The highest BCUT2D eigenvalue weighted by molar-refractivity contribution is 5.78. The second-order valence-corrected chi connectivity index (χ2v) is 5.66. The predicted molar refractivity (Wildman–Crippen MR) is 85.5 cm³/mol. The zero-order valence-electron chi connectivity index (χ0n) is 13.4. The monoisotopic (exact) mass is 287 g/mol. The number of hydrogen-bond donors (Lipinski definition) is 1. The molecule has 1 amide bonds. The van der Waals surface area contributed by atoms with Crippen molar-refractivity contribution in [3.8, 4) is 11.8 Å². The maximum atomic E-state index is 12.3. The third kappa shape index (κ3) is 5.24. The van der Waals surface area contributed by atoms with Crippen molar-refractivity contribution >= 4 is 5.91 Å². The molecule has 114 valence electrons. The number of aliphatic hydroxyl groups is 1. The van der Waals surface area contributed by atoms with Gasteiger partial charge in [0.15, 0.2) is 0 Å². The van der Waals surface area contributed by atoms with E-state index in [1.165, 1.54) is 0 Å². The lowest BCUT2D eigenvalue weighted by molar-refractivity contribution is -0.135. The van der Waals surface area contributed by atoms with Gasteiger partial charge < -0.3 is 10.0 Å². The summed E-state index contributed by atoms with van der Waals surface area (Å²) in [7, 11) is 1.83. The predicted octanol–water partition coefficient (Wildman–Crippen LogP) is 2.67. The Bertz CT molecular complexity index is 526. The SMILES string of the molecule is CC(C)C(C)C(=O)N(C)Cc1ccccc1C#CCCO. The van der Waals surface area contributed by atoms with E-state index >= 15 is 0 Å². The van der Waals surface area contributed by atoms with E-state index in [1.54, 1.807) is 4.90 Å². The van der Waals surface area contributed by atoms with Crippen LogP contribution in [0, 0.1) is 23.7 Å². The molecule has 0 aliphatic rings. The van der Waals surface area contributed by atoms with E-state index < -0.39 is 0 Å². The minimum Gasteiger partial charge on any atom is -0.395 e. The molecule has 1 unspecified atom stereocenters. The van der Waals surface area contributed by atoms with Crippen molar-refractivity contribution < 1.29 is 9.90 Å². The van der Waals surface area contributed by atoms with Gasteiger partial charge in [0.1, 0.15) is 0 Å². The third-order valence-electron chi connectivity index (χ3n) is 3.65. The van der Waals surface area contributed by atoms with E-state index in [0.29, 0.717) is 18.9 Å². The Balaban J connectivity index is 2.84. The Morgan fingerprint density at radius 3 is 2.57 bits per heavy atom. The van der Waals surface area contributed by atoms with Gasteiger partial charge in [-0.1, -0.05) is 50.8 Å². The van der Waals surface area contributed by atoms with Gasteiger partial charge in [0.2, 0.25) is 5.91 Å². The molecule has 0 saturated carbocycles. The normalized spacial score (nSPS) is 11.7. The standard InChI is InChI=1S/C18H25NO2/c1-14(2)15(3)18(21)19(4)13-17-11-6-5-9-16(17)10-7-8-12-20/h5-6,9,11,14-15,20H,8,12-13H2,1-4H3. The van der Waals surface area contributed by atoms with Gasteiger partial charge in [-0.3, -0.25) is 4.79 Å². The van der Waals surface area contributed by atoms with Gasteiger partial charge in [0.05, 0.1) is 6.61 Å². The van der Waals surface area contributed by atoms with Crippen LogP contribution in [0.15, 0.2) is 24.3 Å². The van der Waals surface area contributed by atoms with Gasteiger partial charge in [0, 0.05) is 31.5 Å². The molecule has 21 heavy (non-hydrogen) atoms. The van der Waals surface area contributed by atoms with Crippen LogP contribution in [-0.2, 0) is 11.3 Å². The molecule has 1 rings (SSSR count). The molecule has 1 atom stereocenters. The minimum absolute atomic E-state index is 0.0163. The number of hydrogen-bond acceptors (Lipinski definition) is 2. The summed E-state index contributed by atoms with van der Waals surface area (Å²) in [5.41, 5.74) is 1.96. The van der Waals surface area contributed by atoms with Crippen molar-refractivity contribution in [2.75, 3.05) is 13.7 Å². The molecule has 1 N–H and O–H groups in total. The first kappa shape index (κ1) is 17.3. The van der Waals surface area contributed by atoms with Gasteiger partial charge in [-0.25, -0.2) is 0 Å². The Labute approximate surface area is 128 Å². The van der Waals surface area contributed by atoms with Crippen LogP contribution in [0.4, 0.5) is 0 Å². The van der Waals surface area contributed by atoms with Crippen molar-refractivity contribution in [2.24, 2.45) is 11.8 Å². The van der Waals surface area contributed by atoms with Crippen molar-refractivity contribution in [3.05, 3.63) is 35.4 Å². The molecule has 0 aliphatic carbocycles. The van der Waals surface area contributed by atoms with E-state index in [0.717, 1.165) is 11.1 Å². The van der Waals surface area contributed by atoms with Gasteiger partial charge in [-0.05, 0) is 17.5 Å². The van der Waals surface area contributed by atoms with Crippen LogP contribution < -0.4 is 0 Å². The van der Waals surface area contributed by atoms with Crippen molar-refractivity contribution in [3.63, 3.8) is 0 Å². The molecule has 0 fully saturated rings. The highest BCUT2D eigenvalue weighted by Gasteiger charge is 2.20. The number of amides is 1. The van der Waals surface area contributed by atoms with E-state index in [-0.39, 0.29) is 18.4 Å². The number of carbonyl (C=O) groups excluding carboxylic acids is 1. The van der Waals surface area contributed by atoms with Crippen LogP contribution in [0.2, 0.25) is 0 Å². The fourth-order valence-electron chi connectivity index (χ4n) is 1.96. The molecule has 1 aromatic carbocycles. The van der Waals surface area contributed by atoms with Crippen LogP contribution in [-0.4, -0.2) is 29.6 Å². The van der Waals surface area contributed by atoms with Crippen LogP contribution in [0.1, 0.15) is 38.3 Å².